The summed E-state index contributed by atoms with van der Waals surface area (Å²) in [5.41, 5.74) is 7.12. The molecule has 0 aliphatic heterocycles. The van der Waals surface area contributed by atoms with E-state index in [1.54, 1.807) is 11.8 Å². The van der Waals surface area contributed by atoms with Crippen LogP contribution in [0.3, 0.4) is 0 Å². The molecule has 0 radical (unpaired) electrons. The molecule has 0 aromatic heterocycles. The summed E-state index contributed by atoms with van der Waals surface area (Å²) in [6.07, 6.45) is 2.31. The van der Waals surface area contributed by atoms with Gasteiger partial charge in [0, 0.05) is 17.1 Å². The lowest BCUT2D eigenvalue weighted by Crippen LogP contribution is -2.41. The predicted octanol–water partition coefficient (Wildman–Crippen LogP) is 6.34. The van der Waals surface area contributed by atoms with Crippen molar-refractivity contribution in [2.45, 2.75) is 37.8 Å². The van der Waals surface area contributed by atoms with Crippen LogP contribution in [0, 0.1) is 13.8 Å². The van der Waals surface area contributed by atoms with Crippen LogP contribution in [0.4, 0.5) is 0 Å². The number of aliphatic carboxylic acids is 1. The molecule has 1 amide bonds. The van der Waals surface area contributed by atoms with Gasteiger partial charge in [0.2, 0.25) is 0 Å². The molecule has 6 heteroatoms. The van der Waals surface area contributed by atoms with Crippen LogP contribution in [0.5, 0.6) is 0 Å². The molecular formula is C28H31NO3S2. The number of nitrogens with one attached hydrogen (secondary N) is 1. The topological polar surface area (TPSA) is 66.4 Å². The molecule has 2 N–H and O–H groups in total. The molecule has 0 saturated heterocycles. The molecule has 0 saturated carbocycles. The van der Waals surface area contributed by atoms with E-state index in [9.17, 15) is 14.7 Å². The SMILES string of the molecule is CSCCC(NC(=O)c1ccc(CSCc2ccccc2C)cc1-c1ccccc1C)C(=O)O. The van der Waals surface area contributed by atoms with Gasteiger partial charge in [-0.3, -0.25) is 4.79 Å². The van der Waals surface area contributed by atoms with Gasteiger partial charge >= 0.3 is 5.97 Å². The number of carbonyl (C=O) groups excluding carboxylic acids is 1. The van der Waals surface area contributed by atoms with E-state index in [-0.39, 0.29) is 5.91 Å². The molecule has 0 heterocycles. The average molecular weight is 494 g/mol. The Labute approximate surface area is 210 Å². The Bertz CT molecular complexity index is 1150. The van der Waals surface area contributed by atoms with E-state index in [0.717, 1.165) is 33.8 Å². The second-order valence-electron chi connectivity index (χ2n) is 8.26. The number of carbonyl (C=O) groups is 2. The van der Waals surface area contributed by atoms with Gasteiger partial charge in [0.05, 0.1) is 0 Å². The maximum absolute atomic E-state index is 13.2. The molecule has 3 aromatic carbocycles. The van der Waals surface area contributed by atoms with Gasteiger partial charge in [-0.15, -0.1) is 0 Å². The zero-order valence-electron chi connectivity index (χ0n) is 19.8. The molecule has 0 spiro atoms. The van der Waals surface area contributed by atoms with E-state index in [0.29, 0.717) is 17.7 Å². The fourth-order valence-corrected chi connectivity index (χ4v) is 5.29. The number of benzene rings is 3. The minimum Gasteiger partial charge on any atom is -0.480 e. The van der Waals surface area contributed by atoms with Crippen LogP contribution in [-0.4, -0.2) is 35.0 Å². The summed E-state index contributed by atoms with van der Waals surface area (Å²) >= 11 is 3.40. The van der Waals surface area contributed by atoms with Crippen LogP contribution in [-0.2, 0) is 16.3 Å². The maximum Gasteiger partial charge on any atom is 0.326 e. The quantitative estimate of drug-likeness (QED) is 0.326. The minimum atomic E-state index is -1.01. The highest BCUT2D eigenvalue weighted by atomic mass is 32.2. The summed E-state index contributed by atoms with van der Waals surface area (Å²) in [4.78, 5) is 24.9. The number of rotatable bonds is 11. The molecule has 34 heavy (non-hydrogen) atoms. The Morgan fingerprint density at radius 3 is 2.29 bits per heavy atom. The Morgan fingerprint density at radius 1 is 0.912 bits per heavy atom. The van der Waals surface area contributed by atoms with Crippen molar-refractivity contribution in [1.82, 2.24) is 5.32 Å². The second-order valence-corrected chi connectivity index (χ2v) is 10.2. The van der Waals surface area contributed by atoms with E-state index in [4.69, 9.17) is 0 Å². The van der Waals surface area contributed by atoms with Gasteiger partial charge in [-0.2, -0.15) is 23.5 Å². The number of carboxylic acid groups (broad SMARTS) is 1. The van der Waals surface area contributed by atoms with Crippen LogP contribution in [0.25, 0.3) is 11.1 Å². The first-order valence-corrected chi connectivity index (χ1v) is 13.8. The van der Waals surface area contributed by atoms with Crippen LogP contribution < -0.4 is 5.32 Å². The van der Waals surface area contributed by atoms with E-state index < -0.39 is 12.0 Å². The lowest BCUT2D eigenvalue weighted by atomic mass is 9.94. The molecule has 0 fully saturated rings. The summed E-state index contributed by atoms with van der Waals surface area (Å²) in [6.45, 7) is 4.15. The monoisotopic (exact) mass is 493 g/mol. The first-order valence-electron chi connectivity index (χ1n) is 11.2. The van der Waals surface area contributed by atoms with Crippen molar-refractivity contribution in [2.24, 2.45) is 0 Å². The molecule has 0 aliphatic rings. The van der Waals surface area contributed by atoms with Crippen molar-refractivity contribution < 1.29 is 14.7 Å². The van der Waals surface area contributed by atoms with Crippen molar-refractivity contribution in [2.75, 3.05) is 12.0 Å². The molecule has 3 aromatic rings. The van der Waals surface area contributed by atoms with Gasteiger partial charge in [0.25, 0.3) is 5.91 Å². The van der Waals surface area contributed by atoms with E-state index >= 15 is 0 Å². The van der Waals surface area contributed by atoms with E-state index in [1.807, 2.05) is 61.3 Å². The largest absolute Gasteiger partial charge is 0.480 e. The number of aryl methyl sites for hydroxylation is 2. The van der Waals surface area contributed by atoms with Gasteiger partial charge in [0.15, 0.2) is 0 Å². The summed E-state index contributed by atoms with van der Waals surface area (Å²) in [7, 11) is 0. The van der Waals surface area contributed by atoms with Crippen molar-refractivity contribution in [3.05, 3.63) is 94.5 Å². The fourth-order valence-electron chi connectivity index (χ4n) is 3.76. The van der Waals surface area contributed by atoms with E-state index in [2.05, 4.69) is 42.6 Å². The Morgan fingerprint density at radius 2 is 1.62 bits per heavy atom. The molecule has 1 atom stereocenters. The summed E-state index contributed by atoms with van der Waals surface area (Å²) < 4.78 is 0. The molecule has 1 unspecified atom stereocenters. The minimum absolute atomic E-state index is 0.356. The predicted molar refractivity (Wildman–Crippen MR) is 145 cm³/mol. The first-order chi connectivity index (χ1) is 16.4. The van der Waals surface area contributed by atoms with E-state index in [1.165, 1.54) is 11.1 Å². The molecule has 178 valence electrons. The number of hydrogen-bond acceptors (Lipinski definition) is 4. The van der Waals surface area contributed by atoms with Crippen molar-refractivity contribution in [3.63, 3.8) is 0 Å². The number of thioether (sulfide) groups is 2. The molecule has 3 rings (SSSR count). The van der Waals surface area contributed by atoms with Gasteiger partial charge in [-0.25, -0.2) is 4.79 Å². The Balaban J connectivity index is 1.86. The number of hydrogen-bond donors (Lipinski definition) is 2. The zero-order valence-corrected chi connectivity index (χ0v) is 21.5. The van der Waals surface area contributed by atoms with Gasteiger partial charge in [-0.1, -0.05) is 54.6 Å². The molecular weight excluding hydrogens is 462 g/mol. The van der Waals surface area contributed by atoms with Crippen LogP contribution >= 0.6 is 23.5 Å². The maximum atomic E-state index is 13.2. The van der Waals surface area contributed by atoms with Crippen molar-refractivity contribution >= 4 is 35.4 Å². The highest BCUT2D eigenvalue weighted by Crippen LogP contribution is 2.30. The van der Waals surface area contributed by atoms with Crippen LogP contribution in [0.2, 0.25) is 0 Å². The van der Waals surface area contributed by atoms with Crippen LogP contribution in [0.1, 0.15) is 39.0 Å². The molecule has 4 nitrogen and oxygen atoms in total. The molecule has 0 aliphatic carbocycles. The van der Waals surface area contributed by atoms with Crippen LogP contribution in [0.15, 0.2) is 66.7 Å². The lowest BCUT2D eigenvalue weighted by molar-refractivity contribution is -0.139. The zero-order chi connectivity index (χ0) is 24.5. The highest BCUT2D eigenvalue weighted by Gasteiger charge is 2.22. The normalized spacial score (nSPS) is 11.7. The van der Waals surface area contributed by atoms with Crippen molar-refractivity contribution in [3.8, 4) is 11.1 Å². The second kappa shape index (κ2) is 12.7. The van der Waals surface area contributed by atoms with Gasteiger partial charge in [-0.05, 0) is 77.8 Å². The van der Waals surface area contributed by atoms with Gasteiger partial charge < -0.3 is 10.4 Å². The van der Waals surface area contributed by atoms with Gasteiger partial charge in [0.1, 0.15) is 6.04 Å². The van der Waals surface area contributed by atoms with Crippen molar-refractivity contribution in [1.29, 1.82) is 0 Å². The number of amides is 1. The highest BCUT2D eigenvalue weighted by molar-refractivity contribution is 7.98. The average Bonchev–Trinajstić information content (AvgIpc) is 2.83. The molecule has 0 bridgehead atoms. The Kier molecular flexibility index (Phi) is 9.66. The third-order valence-electron chi connectivity index (χ3n) is 5.77. The Hall–Kier alpha value is -2.70. The third-order valence-corrected chi connectivity index (χ3v) is 7.46. The fraction of sp³-hybridized carbons (Fsp3) is 0.286. The lowest BCUT2D eigenvalue weighted by Gasteiger charge is -2.17. The standard InChI is InChI=1S/C28H31NO3S2/c1-19-8-4-6-10-22(19)18-34-17-21-12-13-24(25(16-21)23-11-7-5-9-20(23)2)27(30)29-26(28(31)32)14-15-33-3/h4-13,16,26H,14-15,17-18H2,1-3H3,(H,29,30)(H,31,32). The summed E-state index contributed by atoms with van der Waals surface area (Å²) in [5.74, 6) is 1.04. The number of carboxylic acids is 1. The summed E-state index contributed by atoms with van der Waals surface area (Å²) in [6, 6.07) is 21.3. The third kappa shape index (κ3) is 6.90. The summed E-state index contributed by atoms with van der Waals surface area (Å²) in [5, 5.41) is 12.3. The smallest absolute Gasteiger partial charge is 0.326 e. The first kappa shape index (κ1) is 25.9.